The van der Waals surface area contributed by atoms with Crippen molar-refractivity contribution in [2.75, 3.05) is 26.4 Å². The Morgan fingerprint density at radius 1 is 1.47 bits per heavy atom. The molecule has 0 bridgehead atoms. The van der Waals surface area contributed by atoms with Gasteiger partial charge in [0.15, 0.2) is 0 Å². The molecule has 0 aromatic heterocycles. The zero-order valence-corrected chi connectivity index (χ0v) is 11.7. The first kappa shape index (κ1) is 13.8. The Kier molecular flexibility index (Phi) is 5.28. The molecule has 2 N–H and O–H groups in total. The molecule has 5 heteroatoms. The van der Waals surface area contributed by atoms with Crippen LogP contribution in [0.15, 0.2) is 22.7 Å². The van der Waals surface area contributed by atoms with Crippen molar-refractivity contribution in [2.45, 2.75) is 12.8 Å². The first-order valence-electron chi connectivity index (χ1n) is 5.39. The van der Waals surface area contributed by atoms with E-state index in [4.69, 9.17) is 10.5 Å². The average Bonchev–Trinajstić information content (AvgIpc) is 2.29. The third-order valence-electron chi connectivity index (χ3n) is 2.28. The lowest BCUT2D eigenvalue weighted by Gasteiger charge is -2.11. The van der Waals surface area contributed by atoms with Crippen molar-refractivity contribution in [1.82, 2.24) is 4.90 Å². The maximum Gasteiger partial charge on any atom is 0.222 e. The minimum Gasteiger partial charge on any atom is -0.492 e. The lowest BCUT2D eigenvalue weighted by atomic mass is 10.3. The van der Waals surface area contributed by atoms with Gasteiger partial charge >= 0.3 is 0 Å². The molecule has 0 saturated carbocycles. The van der Waals surface area contributed by atoms with Crippen LogP contribution in [0.25, 0.3) is 0 Å². The van der Waals surface area contributed by atoms with E-state index in [1.165, 1.54) is 0 Å². The van der Waals surface area contributed by atoms with Gasteiger partial charge in [-0.2, -0.15) is 0 Å². The van der Waals surface area contributed by atoms with Crippen LogP contribution in [-0.2, 0) is 4.79 Å². The van der Waals surface area contributed by atoms with Gasteiger partial charge in [0.25, 0.3) is 0 Å². The average molecular weight is 301 g/mol. The molecule has 0 aliphatic heterocycles. The summed E-state index contributed by atoms with van der Waals surface area (Å²) in [7, 11) is 3.50. The second kappa shape index (κ2) is 6.49. The van der Waals surface area contributed by atoms with Crippen LogP contribution in [0.4, 0.5) is 5.69 Å². The highest BCUT2D eigenvalue weighted by Gasteiger charge is 2.06. The second-order valence-electron chi connectivity index (χ2n) is 3.90. The van der Waals surface area contributed by atoms with Gasteiger partial charge in [-0.15, -0.1) is 0 Å². The number of carbonyl (C=O) groups excluding carboxylic acids is 1. The van der Waals surface area contributed by atoms with Gasteiger partial charge in [-0.1, -0.05) is 6.07 Å². The van der Waals surface area contributed by atoms with Crippen LogP contribution in [0.1, 0.15) is 12.8 Å². The molecule has 1 aromatic rings. The maximum absolute atomic E-state index is 11.3. The largest absolute Gasteiger partial charge is 0.492 e. The summed E-state index contributed by atoms with van der Waals surface area (Å²) in [4.78, 5) is 12.9. The number of rotatable bonds is 5. The molecule has 1 rings (SSSR count). The topological polar surface area (TPSA) is 55.6 Å². The molecule has 0 saturated heterocycles. The Balaban J connectivity index is 2.36. The van der Waals surface area contributed by atoms with Gasteiger partial charge in [-0.3, -0.25) is 4.79 Å². The molecule has 0 aliphatic rings. The van der Waals surface area contributed by atoms with Gasteiger partial charge in [-0.25, -0.2) is 0 Å². The predicted molar refractivity (Wildman–Crippen MR) is 72.0 cm³/mol. The number of nitrogens with zero attached hydrogens (tertiary/aromatic N) is 1. The number of benzene rings is 1. The van der Waals surface area contributed by atoms with E-state index in [1.807, 2.05) is 12.1 Å². The van der Waals surface area contributed by atoms with Crippen molar-refractivity contribution in [3.05, 3.63) is 22.7 Å². The van der Waals surface area contributed by atoms with E-state index in [-0.39, 0.29) is 5.91 Å². The van der Waals surface area contributed by atoms with Crippen LogP contribution >= 0.6 is 15.9 Å². The number of hydrogen-bond donors (Lipinski definition) is 1. The fourth-order valence-electron chi connectivity index (χ4n) is 1.27. The minimum absolute atomic E-state index is 0.111. The number of amides is 1. The van der Waals surface area contributed by atoms with E-state index in [9.17, 15) is 4.79 Å². The molecule has 1 aromatic carbocycles. The fraction of sp³-hybridized carbons (Fsp3) is 0.417. The van der Waals surface area contributed by atoms with Crippen LogP contribution in [0.5, 0.6) is 5.75 Å². The molecule has 4 nitrogen and oxygen atoms in total. The Bertz CT molecular complexity index is 394. The summed E-state index contributed by atoms with van der Waals surface area (Å²) in [6.45, 7) is 0.502. The molecule has 0 unspecified atom stereocenters. The summed E-state index contributed by atoms with van der Waals surface area (Å²) in [5, 5.41) is 0. The third-order valence-corrected chi connectivity index (χ3v) is 3.13. The highest BCUT2D eigenvalue weighted by molar-refractivity contribution is 9.10. The van der Waals surface area contributed by atoms with Gasteiger partial charge in [0.1, 0.15) is 5.75 Å². The maximum atomic E-state index is 11.3. The summed E-state index contributed by atoms with van der Waals surface area (Å²) < 4.78 is 6.31. The summed E-state index contributed by atoms with van der Waals surface area (Å²) in [5.74, 6) is 0.822. The van der Waals surface area contributed by atoms with Crippen molar-refractivity contribution < 1.29 is 9.53 Å². The molecule has 0 fully saturated rings. The van der Waals surface area contributed by atoms with Crippen molar-refractivity contribution in [3.63, 3.8) is 0 Å². The first-order valence-corrected chi connectivity index (χ1v) is 6.18. The molecule has 0 radical (unpaired) electrons. The number of carbonyl (C=O) groups is 1. The van der Waals surface area contributed by atoms with Crippen molar-refractivity contribution >= 4 is 27.5 Å². The Morgan fingerprint density at radius 3 is 2.82 bits per heavy atom. The molecule has 0 spiro atoms. The molecule has 0 atom stereocenters. The second-order valence-corrected chi connectivity index (χ2v) is 4.69. The lowest BCUT2D eigenvalue weighted by molar-refractivity contribution is -0.128. The number of nitrogens with two attached hydrogens (primary N) is 1. The van der Waals surface area contributed by atoms with Gasteiger partial charge in [0.05, 0.1) is 11.1 Å². The van der Waals surface area contributed by atoms with Crippen LogP contribution in [-0.4, -0.2) is 31.5 Å². The van der Waals surface area contributed by atoms with E-state index in [0.717, 1.165) is 4.47 Å². The zero-order valence-electron chi connectivity index (χ0n) is 10.1. The minimum atomic E-state index is 0.111. The Hall–Kier alpha value is -1.23. The lowest BCUT2D eigenvalue weighted by Crippen LogP contribution is -2.21. The number of nitrogen functional groups attached to an aromatic ring is 1. The van der Waals surface area contributed by atoms with E-state index in [0.29, 0.717) is 30.9 Å². The van der Waals surface area contributed by atoms with E-state index in [2.05, 4.69) is 15.9 Å². The van der Waals surface area contributed by atoms with Crippen molar-refractivity contribution in [2.24, 2.45) is 0 Å². The van der Waals surface area contributed by atoms with E-state index in [1.54, 1.807) is 25.1 Å². The van der Waals surface area contributed by atoms with Crippen molar-refractivity contribution in [3.8, 4) is 5.75 Å². The molecular formula is C12H17BrN2O2. The summed E-state index contributed by atoms with van der Waals surface area (Å²) >= 11 is 3.36. The Labute approximate surface area is 110 Å². The number of hydrogen-bond acceptors (Lipinski definition) is 3. The van der Waals surface area contributed by atoms with Gasteiger partial charge in [-0.05, 0) is 34.5 Å². The monoisotopic (exact) mass is 300 g/mol. The normalized spacial score (nSPS) is 10.1. The van der Waals surface area contributed by atoms with Crippen LogP contribution in [0.2, 0.25) is 0 Å². The molecule has 1 amide bonds. The van der Waals surface area contributed by atoms with E-state index < -0.39 is 0 Å². The molecule has 94 valence electrons. The van der Waals surface area contributed by atoms with Gasteiger partial charge in [0.2, 0.25) is 5.91 Å². The predicted octanol–water partition coefficient (Wildman–Crippen LogP) is 2.28. The van der Waals surface area contributed by atoms with Gasteiger partial charge in [0, 0.05) is 26.2 Å². The van der Waals surface area contributed by atoms with Gasteiger partial charge < -0.3 is 15.4 Å². The smallest absolute Gasteiger partial charge is 0.222 e. The first-order chi connectivity index (χ1) is 8.02. The molecule has 0 heterocycles. The standard InChI is InChI=1S/C12H17BrN2O2/c1-15(2)11(16)7-4-8-17-10-6-3-5-9(14)12(10)13/h3,5-6H,4,7-8,14H2,1-2H3. The van der Waals surface area contributed by atoms with Crippen molar-refractivity contribution in [1.29, 1.82) is 0 Å². The van der Waals surface area contributed by atoms with E-state index >= 15 is 0 Å². The number of ether oxygens (including phenoxy) is 1. The SMILES string of the molecule is CN(C)C(=O)CCCOc1cccc(N)c1Br. The molecule has 17 heavy (non-hydrogen) atoms. The van der Waals surface area contributed by atoms with Crippen LogP contribution < -0.4 is 10.5 Å². The van der Waals surface area contributed by atoms with Crippen LogP contribution in [0, 0.1) is 0 Å². The molecular weight excluding hydrogens is 284 g/mol. The zero-order chi connectivity index (χ0) is 12.8. The fourth-order valence-corrected chi connectivity index (χ4v) is 1.65. The number of anilines is 1. The highest BCUT2D eigenvalue weighted by atomic mass is 79.9. The quantitative estimate of drug-likeness (QED) is 0.670. The third kappa shape index (κ3) is 4.26. The summed E-state index contributed by atoms with van der Waals surface area (Å²) in [6.07, 6.45) is 1.19. The Morgan fingerprint density at radius 2 is 2.18 bits per heavy atom. The number of halogens is 1. The highest BCUT2D eigenvalue weighted by Crippen LogP contribution is 2.30. The molecule has 0 aliphatic carbocycles. The van der Waals surface area contributed by atoms with Crippen LogP contribution in [0.3, 0.4) is 0 Å². The summed E-state index contributed by atoms with van der Waals surface area (Å²) in [6, 6.07) is 5.47. The summed E-state index contributed by atoms with van der Waals surface area (Å²) in [5.41, 5.74) is 6.37.